The summed E-state index contributed by atoms with van der Waals surface area (Å²) in [5, 5.41) is 34.1. The van der Waals surface area contributed by atoms with Crippen LogP contribution in [0.15, 0.2) is 23.3 Å². The van der Waals surface area contributed by atoms with E-state index in [0.29, 0.717) is 52.7 Å². The van der Waals surface area contributed by atoms with Crippen molar-refractivity contribution in [2.75, 3.05) is 0 Å². The first-order chi connectivity index (χ1) is 17.6. The van der Waals surface area contributed by atoms with Crippen LogP contribution in [-0.2, 0) is 6.42 Å². The zero-order chi connectivity index (χ0) is 26.1. The Hall–Kier alpha value is -1.83. The van der Waals surface area contributed by atoms with Crippen LogP contribution in [0.25, 0.3) is 10.9 Å². The second-order valence-corrected chi connectivity index (χ2v) is 13.4. The van der Waals surface area contributed by atoms with Crippen LogP contribution < -0.4 is 5.56 Å². The summed E-state index contributed by atoms with van der Waals surface area (Å²) in [6.07, 6.45) is 10.1. The molecule has 4 aliphatic rings. The number of fused-ring (bicyclic) bond motifs is 6. The van der Waals surface area contributed by atoms with Crippen LogP contribution in [0.5, 0.6) is 0 Å². The van der Waals surface area contributed by atoms with E-state index in [1.807, 2.05) is 0 Å². The van der Waals surface area contributed by atoms with Gasteiger partial charge < -0.3 is 20.3 Å². The summed E-state index contributed by atoms with van der Waals surface area (Å²) >= 11 is 0. The molecule has 2 heterocycles. The summed E-state index contributed by atoms with van der Waals surface area (Å²) in [6.45, 7) is 6.96. The molecule has 0 saturated heterocycles. The Balaban J connectivity index is 1.21. The predicted molar refractivity (Wildman–Crippen MR) is 142 cm³/mol. The fourth-order valence-electron chi connectivity index (χ4n) is 9.85. The van der Waals surface area contributed by atoms with Crippen LogP contribution in [0, 0.1) is 46.3 Å². The third-order valence-electron chi connectivity index (χ3n) is 11.9. The van der Waals surface area contributed by atoms with Crippen molar-refractivity contribution in [2.24, 2.45) is 46.3 Å². The number of H-pyrrole nitrogens is 1. The number of aliphatic hydroxyl groups excluding tert-OH is 3. The molecule has 1 unspecified atom stereocenters. The number of nitrogens with one attached hydrogen (secondary N) is 1. The highest BCUT2D eigenvalue weighted by Crippen LogP contribution is 2.68. The van der Waals surface area contributed by atoms with Crippen LogP contribution in [0.4, 0.5) is 0 Å². The first-order valence-electron chi connectivity index (χ1n) is 14.5. The van der Waals surface area contributed by atoms with Crippen molar-refractivity contribution >= 4 is 10.9 Å². The van der Waals surface area contributed by atoms with Crippen molar-refractivity contribution in [3.63, 3.8) is 0 Å². The Bertz CT molecular complexity index is 1220. The minimum absolute atomic E-state index is 0.0955. The number of aryl methyl sites for hydroxylation is 1. The first kappa shape index (κ1) is 25.4. The largest absolute Gasteiger partial charge is 0.393 e. The lowest BCUT2D eigenvalue weighted by Crippen LogP contribution is -2.62. The second-order valence-electron chi connectivity index (χ2n) is 13.4. The molecule has 0 amide bonds. The van der Waals surface area contributed by atoms with Crippen LogP contribution in [0.3, 0.4) is 0 Å². The zero-order valence-electron chi connectivity index (χ0n) is 22.4. The number of hydrogen-bond acceptors (Lipinski definition) is 6. The van der Waals surface area contributed by atoms with E-state index in [2.05, 4.69) is 35.7 Å². The maximum atomic E-state index is 12.5. The minimum Gasteiger partial charge on any atom is -0.393 e. The van der Waals surface area contributed by atoms with Crippen LogP contribution in [0.2, 0.25) is 0 Å². The van der Waals surface area contributed by atoms with E-state index in [9.17, 15) is 20.1 Å². The van der Waals surface area contributed by atoms with Gasteiger partial charge in [0.05, 0.1) is 29.2 Å². The van der Waals surface area contributed by atoms with E-state index < -0.39 is 0 Å². The molecule has 2 aromatic heterocycles. The van der Waals surface area contributed by atoms with Gasteiger partial charge in [0.25, 0.3) is 5.56 Å². The molecule has 4 N–H and O–H groups in total. The van der Waals surface area contributed by atoms with Gasteiger partial charge in [0, 0.05) is 18.8 Å². The van der Waals surface area contributed by atoms with Gasteiger partial charge in [0.2, 0.25) is 0 Å². The molecule has 4 aliphatic carbocycles. The number of nitrogens with zero attached hydrogens (tertiary/aromatic N) is 2. The number of aromatic amines is 1. The lowest BCUT2D eigenvalue weighted by Gasteiger charge is -2.63. The van der Waals surface area contributed by atoms with Gasteiger partial charge in [-0.25, -0.2) is 4.98 Å². The molecule has 4 saturated carbocycles. The normalized spacial score (nSPS) is 44.2. The number of aromatic nitrogens is 3. The Morgan fingerprint density at radius 3 is 2.73 bits per heavy atom. The number of aliphatic hydroxyl groups is 3. The Morgan fingerprint density at radius 1 is 1.11 bits per heavy atom. The van der Waals surface area contributed by atoms with E-state index in [1.165, 1.54) is 0 Å². The van der Waals surface area contributed by atoms with Crippen molar-refractivity contribution in [3.05, 3.63) is 34.6 Å². The molecule has 0 spiro atoms. The Kier molecular flexibility index (Phi) is 6.28. The smallest absolute Gasteiger partial charge is 0.260 e. The SMILES string of the molecule is C[C@H](CCc1nc2ccncc2c(=O)[nH]1)[C@H]1CC[C@H]2[C@H]3C(C[C@H](O)[C@]12C)[C@@]1(C)CC[C@@H](O)C[C@H]1C[C@H]3O. The fraction of sp³-hybridized carbons (Fsp3) is 0.767. The first-order valence-corrected chi connectivity index (χ1v) is 14.5. The number of hydrogen-bond donors (Lipinski definition) is 4. The average Bonchev–Trinajstić information content (AvgIpc) is 3.23. The van der Waals surface area contributed by atoms with Crippen molar-refractivity contribution in [2.45, 2.75) is 96.9 Å². The van der Waals surface area contributed by atoms with Gasteiger partial charge in [-0.2, -0.15) is 0 Å². The lowest BCUT2D eigenvalue weighted by molar-refractivity contribution is -0.207. The second kappa shape index (κ2) is 9.13. The van der Waals surface area contributed by atoms with E-state index >= 15 is 0 Å². The van der Waals surface area contributed by atoms with E-state index in [0.717, 1.165) is 51.4 Å². The molecule has 0 aliphatic heterocycles. The predicted octanol–water partition coefficient (Wildman–Crippen LogP) is 3.85. The molecule has 0 aromatic carbocycles. The molecule has 0 bridgehead atoms. The standard InChI is InChI=1S/C30H43N3O4/c1-16(4-7-26-32-23-9-11-31-15-19(23)28(37)33-26)20-5-6-21-27-22(14-25(36)30(20,21)3)29(2)10-8-18(34)12-17(29)13-24(27)35/h9,11,15-18,20-22,24-25,27,34-36H,4-8,10,12-14H2,1-3H3,(H,32,33,37)/t16-,17+,18-,20-,21+,22?,24-,25+,27+,29+,30-/m1/s1. The molecule has 6 rings (SSSR count). The van der Waals surface area contributed by atoms with Crippen molar-refractivity contribution in [3.8, 4) is 0 Å². The quantitative estimate of drug-likeness (QED) is 0.497. The average molecular weight is 510 g/mol. The van der Waals surface area contributed by atoms with Gasteiger partial charge in [-0.15, -0.1) is 0 Å². The van der Waals surface area contributed by atoms with Gasteiger partial charge in [0.15, 0.2) is 0 Å². The van der Waals surface area contributed by atoms with E-state index in [4.69, 9.17) is 0 Å². The monoisotopic (exact) mass is 509 g/mol. The third kappa shape index (κ3) is 3.90. The number of rotatable bonds is 4. The van der Waals surface area contributed by atoms with Crippen molar-refractivity contribution in [1.82, 2.24) is 15.0 Å². The molecule has 37 heavy (non-hydrogen) atoms. The molecule has 202 valence electrons. The zero-order valence-corrected chi connectivity index (χ0v) is 22.4. The Labute approximate surface area is 219 Å². The molecular formula is C30H43N3O4. The van der Waals surface area contributed by atoms with Gasteiger partial charge in [-0.05, 0) is 104 Å². The molecule has 11 atom stereocenters. The van der Waals surface area contributed by atoms with Gasteiger partial charge in [-0.1, -0.05) is 20.8 Å². The van der Waals surface area contributed by atoms with Crippen molar-refractivity contribution in [1.29, 1.82) is 0 Å². The Morgan fingerprint density at radius 2 is 1.92 bits per heavy atom. The molecule has 0 radical (unpaired) electrons. The molecular weight excluding hydrogens is 466 g/mol. The van der Waals surface area contributed by atoms with Gasteiger partial charge >= 0.3 is 0 Å². The third-order valence-corrected chi connectivity index (χ3v) is 11.9. The number of pyridine rings is 1. The summed E-state index contributed by atoms with van der Waals surface area (Å²) in [4.78, 5) is 24.1. The summed E-state index contributed by atoms with van der Waals surface area (Å²) in [5.41, 5.74) is 0.416. The highest BCUT2D eigenvalue weighted by atomic mass is 16.3. The fourth-order valence-corrected chi connectivity index (χ4v) is 9.85. The molecule has 7 nitrogen and oxygen atoms in total. The summed E-state index contributed by atoms with van der Waals surface area (Å²) in [6, 6.07) is 1.78. The maximum absolute atomic E-state index is 12.5. The van der Waals surface area contributed by atoms with Gasteiger partial charge in [0.1, 0.15) is 5.82 Å². The lowest BCUT2D eigenvalue weighted by atomic mass is 9.43. The maximum Gasteiger partial charge on any atom is 0.260 e. The summed E-state index contributed by atoms with van der Waals surface area (Å²) in [7, 11) is 0. The van der Waals surface area contributed by atoms with Crippen molar-refractivity contribution < 1.29 is 15.3 Å². The minimum atomic E-state index is -0.380. The topological polar surface area (TPSA) is 119 Å². The molecule has 7 heteroatoms. The molecule has 2 aromatic rings. The van der Waals surface area contributed by atoms with Gasteiger partial charge in [-0.3, -0.25) is 9.78 Å². The van der Waals surface area contributed by atoms with Crippen LogP contribution >= 0.6 is 0 Å². The van der Waals surface area contributed by atoms with Crippen LogP contribution in [-0.4, -0.2) is 48.6 Å². The summed E-state index contributed by atoms with van der Waals surface area (Å²) < 4.78 is 0. The van der Waals surface area contributed by atoms with E-state index in [1.54, 1.807) is 18.5 Å². The molecule has 4 fully saturated rings. The highest BCUT2D eigenvalue weighted by Gasteiger charge is 2.65. The van der Waals surface area contributed by atoms with E-state index in [-0.39, 0.29) is 40.6 Å². The van der Waals surface area contributed by atoms with Crippen LogP contribution in [0.1, 0.15) is 78.0 Å². The highest BCUT2D eigenvalue weighted by molar-refractivity contribution is 5.75. The summed E-state index contributed by atoms with van der Waals surface area (Å²) in [5.74, 6) is 2.66.